The van der Waals surface area contributed by atoms with Gasteiger partial charge in [-0.1, -0.05) is 13.2 Å². The summed E-state index contributed by atoms with van der Waals surface area (Å²) in [6.07, 6.45) is 1.50. The third-order valence-corrected chi connectivity index (χ3v) is 0. The molecule has 2 heteroatoms. The van der Waals surface area contributed by atoms with E-state index in [0.717, 1.165) is 12.5 Å². The molecule has 0 spiro atoms. The van der Waals surface area contributed by atoms with Gasteiger partial charge in [0, 0.05) is 0 Å². The zero-order chi connectivity index (χ0) is 5.41. The third kappa shape index (κ3) is 15.7. The van der Waals surface area contributed by atoms with Crippen molar-refractivity contribution in [2.75, 3.05) is 0 Å². The Bertz CT molecular complexity index is 26.5. The number of hydrogen-bond acceptors (Lipinski definition) is 2. The van der Waals surface area contributed by atoms with Gasteiger partial charge in [0.15, 0.2) is 0 Å². The Morgan fingerprint density at radius 1 is 1.00 bits per heavy atom. The molecule has 0 unspecified atom stereocenters. The van der Waals surface area contributed by atoms with Crippen LogP contribution in [0.3, 0.4) is 0 Å². The maximum Gasteiger partial charge on any atom is 0.0719 e. The van der Waals surface area contributed by atoms with E-state index >= 15 is 0 Å². The van der Waals surface area contributed by atoms with E-state index < -0.39 is 0 Å². The average Bonchev–Trinajstić information content (AvgIpc) is 1.39. The van der Waals surface area contributed by atoms with Gasteiger partial charge in [-0.25, -0.2) is 0 Å². The molecule has 0 saturated heterocycles. The molecule has 0 aliphatic carbocycles. The highest BCUT2D eigenvalue weighted by Gasteiger charge is 1.11. The normalized spacial score (nSPS) is 4.00. The molecule has 0 saturated carbocycles. The highest BCUT2D eigenvalue weighted by Crippen LogP contribution is 1.26. The Balaban J connectivity index is 0. The molecule has 0 rings (SSSR count). The van der Waals surface area contributed by atoms with Crippen molar-refractivity contribution in [3.63, 3.8) is 0 Å². The predicted molar refractivity (Wildman–Crippen MR) is 25.7 cm³/mol. The molecular weight excluding hydrogens is 80.0 g/mol. The summed E-state index contributed by atoms with van der Waals surface area (Å²) in [5, 5.41) is 14.7. The molecule has 6 heavy (non-hydrogen) atoms. The minimum Gasteiger partial charge on any atom is -0.516 e. The SMILES string of the molecule is C=CO.C=CO. The average molecular weight is 88.1 g/mol. The van der Waals surface area contributed by atoms with E-state index in [1.54, 1.807) is 0 Å². The third-order valence-electron chi connectivity index (χ3n) is 0. The van der Waals surface area contributed by atoms with Crippen molar-refractivity contribution >= 4 is 0 Å². The summed E-state index contributed by atoms with van der Waals surface area (Å²) in [5.41, 5.74) is 0. The van der Waals surface area contributed by atoms with Crippen molar-refractivity contribution in [2.24, 2.45) is 0 Å². The van der Waals surface area contributed by atoms with Crippen LogP contribution in [-0.4, -0.2) is 10.2 Å². The number of rotatable bonds is 0. The van der Waals surface area contributed by atoms with Crippen molar-refractivity contribution in [1.82, 2.24) is 0 Å². The van der Waals surface area contributed by atoms with Gasteiger partial charge in [-0.3, -0.25) is 0 Å². The fourth-order valence-electron chi connectivity index (χ4n) is 0. The number of aliphatic hydroxyl groups is 2. The highest BCUT2D eigenvalue weighted by molar-refractivity contribution is 4.38. The second-order valence-corrected chi connectivity index (χ2v) is 0.365. The van der Waals surface area contributed by atoms with Gasteiger partial charge in [0.1, 0.15) is 0 Å². The molecule has 0 heterocycles. The van der Waals surface area contributed by atoms with E-state index in [2.05, 4.69) is 13.2 Å². The molecule has 0 aromatic rings. The Hall–Kier alpha value is -0.920. The molecule has 2 nitrogen and oxygen atoms in total. The molecule has 0 aromatic heterocycles. The summed E-state index contributed by atoms with van der Waals surface area (Å²) in [6.45, 7) is 5.83. The van der Waals surface area contributed by atoms with Gasteiger partial charge in [-0.2, -0.15) is 0 Å². The summed E-state index contributed by atoms with van der Waals surface area (Å²) in [5.74, 6) is 0. The largest absolute Gasteiger partial charge is 0.516 e. The van der Waals surface area contributed by atoms with Crippen LogP contribution in [0.2, 0.25) is 0 Å². The van der Waals surface area contributed by atoms with Gasteiger partial charge in [-0.05, 0) is 0 Å². The first kappa shape index (κ1) is 8.91. The molecule has 0 fully saturated rings. The van der Waals surface area contributed by atoms with Gasteiger partial charge in [0.25, 0.3) is 0 Å². The van der Waals surface area contributed by atoms with E-state index in [9.17, 15) is 0 Å². The van der Waals surface area contributed by atoms with Gasteiger partial charge < -0.3 is 10.2 Å². The Kier molecular flexibility index (Phi) is 49.3. The van der Waals surface area contributed by atoms with E-state index in [-0.39, 0.29) is 0 Å². The lowest BCUT2D eigenvalue weighted by Crippen LogP contribution is -1.25. The molecular formula is C4H8O2. The van der Waals surface area contributed by atoms with Gasteiger partial charge >= 0.3 is 0 Å². The van der Waals surface area contributed by atoms with Crippen LogP contribution in [0.1, 0.15) is 0 Å². The fraction of sp³-hybridized carbons (Fsp3) is 0. The zero-order valence-electron chi connectivity index (χ0n) is 3.46. The monoisotopic (exact) mass is 88.1 g/mol. The minimum absolute atomic E-state index is 0.750. The fourth-order valence-corrected chi connectivity index (χ4v) is 0. The summed E-state index contributed by atoms with van der Waals surface area (Å²) >= 11 is 0. The van der Waals surface area contributed by atoms with Crippen molar-refractivity contribution in [2.45, 2.75) is 0 Å². The zero-order valence-corrected chi connectivity index (χ0v) is 3.46. The molecule has 0 aliphatic heterocycles. The van der Waals surface area contributed by atoms with Crippen LogP contribution < -0.4 is 0 Å². The molecule has 0 aromatic carbocycles. The Morgan fingerprint density at radius 3 is 1.00 bits per heavy atom. The molecule has 36 valence electrons. The molecule has 2 N–H and O–H groups in total. The predicted octanol–water partition coefficient (Wildman–Crippen LogP) is 1.38. The van der Waals surface area contributed by atoms with Gasteiger partial charge in [-0.15, -0.1) is 0 Å². The second-order valence-electron chi connectivity index (χ2n) is 0.365. The summed E-state index contributed by atoms with van der Waals surface area (Å²) in [6, 6.07) is 0. The minimum atomic E-state index is 0.750. The van der Waals surface area contributed by atoms with E-state index in [1.165, 1.54) is 0 Å². The van der Waals surface area contributed by atoms with Crippen LogP contribution >= 0.6 is 0 Å². The van der Waals surface area contributed by atoms with Crippen LogP contribution in [-0.2, 0) is 0 Å². The second kappa shape index (κ2) is 33.2. The van der Waals surface area contributed by atoms with Crippen LogP contribution in [0, 0.1) is 0 Å². The lowest BCUT2D eigenvalue weighted by molar-refractivity contribution is 0.475. The number of hydrogen-bond donors (Lipinski definition) is 2. The molecule has 0 atom stereocenters. The van der Waals surface area contributed by atoms with E-state index in [4.69, 9.17) is 10.2 Å². The first-order chi connectivity index (χ1) is 2.83. The van der Waals surface area contributed by atoms with Gasteiger partial charge in [0.2, 0.25) is 0 Å². The molecule has 0 radical (unpaired) electrons. The van der Waals surface area contributed by atoms with Crippen molar-refractivity contribution in [1.29, 1.82) is 0 Å². The first-order valence-electron chi connectivity index (χ1n) is 1.33. The van der Waals surface area contributed by atoms with Crippen LogP contribution in [0.4, 0.5) is 0 Å². The van der Waals surface area contributed by atoms with E-state index in [0.29, 0.717) is 0 Å². The standard InChI is InChI=1S/2C2H4O/c2*1-2-3/h2*2-3H,1H2. The summed E-state index contributed by atoms with van der Waals surface area (Å²) < 4.78 is 0. The lowest BCUT2D eigenvalue weighted by atomic mass is 11.2. The van der Waals surface area contributed by atoms with Crippen LogP contribution in [0.15, 0.2) is 25.7 Å². The van der Waals surface area contributed by atoms with Crippen molar-refractivity contribution in [3.8, 4) is 0 Å². The lowest BCUT2D eigenvalue weighted by Gasteiger charge is -1.41. The van der Waals surface area contributed by atoms with Crippen molar-refractivity contribution in [3.05, 3.63) is 25.7 Å². The Labute approximate surface area is 37.0 Å². The summed E-state index contributed by atoms with van der Waals surface area (Å²) in [4.78, 5) is 0. The smallest absolute Gasteiger partial charge is 0.0719 e. The quantitative estimate of drug-likeness (QED) is 0.439. The van der Waals surface area contributed by atoms with Crippen LogP contribution in [0.25, 0.3) is 0 Å². The molecule has 0 bridgehead atoms. The molecule has 0 aliphatic rings. The summed E-state index contributed by atoms with van der Waals surface area (Å²) in [7, 11) is 0. The highest BCUT2D eigenvalue weighted by atomic mass is 16.2. The van der Waals surface area contributed by atoms with E-state index in [1.807, 2.05) is 0 Å². The molecule has 0 amide bonds. The van der Waals surface area contributed by atoms with Crippen LogP contribution in [0.5, 0.6) is 0 Å². The Morgan fingerprint density at radius 2 is 1.00 bits per heavy atom. The maximum absolute atomic E-state index is 7.33. The number of aliphatic hydroxyl groups excluding tert-OH is 2. The topological polar surface area (TPSA) is 40.5 Å². The maximum atomic E-state index is 7.33. The van der Waals surface area contributed by atoms with Gasteiger partial charge in [0.05, 0.1) is 12.5 Å². The van der Waals surface area contributed by atoms with Crippen molar-refractivity contribution < 1.29 is 10.2 Å². The first-order valence-corrected chi connectivity index (χ1v) is 1.33.